The number of carbonyl (C=O) groups is 2. The van der Waals surface area contributed by atoms with Gasteiger partial charge in [0.1, 0.15) is 5.75 Å². The smallest absolute Gasteiger partial charge is 0.338 e. The first-order valence-corrected chi connectivity index (χ1v) is 14.5. The van der Waals surface area contributed by atoms with Crippen molar-refractivity contribution in [3.63, 3.8) is 0 Å². The highest BCUT2D eigenvalue weighted by atomic mass is 79.9. The maximum absolute atomic E-state index is 13.9. The number of thiazole rings is 1. The van der Waals surface area contributed by atoms with Crippen LogP contribution in [0.1, 0.15) is 76.1 Å². The van der Waals surface area contributed by atoms with Crippen LogP contribution in [-0.4, -0.2) is 23.1 Å². The minimum Gasteiger partial charge on any atom is -0.463 e. The van der Waals surface area contributed by atoms with E-state index < -0.39 is 18.0 Å². The molecule has 39 heavy (non-hydrogen) atoms. The Kier molecular flexibility index (Phi) is 9.02. The summed E-state index contributed by atoms with van der Waals surface area (Å²) in [5.74, 6) is -0.127. The van der Waals surface area contributed by atoms with Gasteiger partial charge in [-0.05, 0) is 70.1 Å². The molecule has 9 heteroatoms. The number of ether oxygens (including phenoxy) is 2. The van der Waals surface area contributed by atoms with Crippen LogP contribution in [0.4, 0.5) is 0 Å². The molecule has 3 aromatic rings. The summed E-state index contributed by atoms with van der Waals surface area (Å²) in [5.41, 5.74) is 3.56. The van der Waals surface area contributed by atoms with E-state index in [0.29, 0.717) is 43.2 Å². The first-order valence-electron chi connectivity index (χ1n) is 12.9. The molecule has 0 spiro atoms. The van der Waals surface area contributed by atoms with E-state index in [1.165, 1.54) is 23.8 Å². The molecule has 0 unspecified atom stereocenters. The van der Waals surface area contributed by atoms with Crippen LogP contribution in [0.25, 0.3) is 6.08 Å². The SMILES string of the molecule is CCCC1=C(C(=O)OCC)[C@H](c2ccc(C(C)C)cc2)n2c(s/c(=C\c3ccc(OC(C)=O)c(Br)c3)c2=O)=N1. The van der Waals surface area contributed by atoms with E-state index in [9.17, 15) is 14.4 Å². The monoisotopic (exact) mass is 610 g/mol. The highest BCUT2D eigenvalue weighted by molar-refractivity contribution is 9.10. The Balaban J connectivity index is 1.92. The standard InChI is InChI=1S/C30H31BrN2O5S/c1-6-8-23-26(29(36)37-7-2)27(21-12-10-20(11-13-21)17(3)4)33-28(35)25(39-30(33)32-23)16-19-9-14-24(22(31)15-19)38-18(5)34/h9-17,27H,6-8H2,1-5H3/b25-16-/t27-/m0/s1. The Labute approximate surface area is 239 Å². The van der Waals surface area contributed by atoms with E-state index >= 15 is 0 Å². The number of esters is 2. The lowest BCUT2D eigenvalue weighted by atomic mass is 9.92. The zero-order chi connectivity index (χ0) is 28.3. The molecular weight excluding hydrogens is 580 g/mol. The second-order valence-electron chi connectivity index (χ2n) is 9.52. The molecule has 204 valence electrons. The normalized spacial score (nSPS) is 15.3. The number of allylic oxidation sites excluding steroid dienone is 1. The third-order valence-electron chi connectivity index (χ3n) is 6.32. The summed E-state index contributed by atoms with van der Waals surface area (Å²) >= 11 is 4.71. The molecule has 1 atom stereocenters. The molecule has 1 aromatic heterocycles. The summed E-state index contributed by atoms with van der Waals surface area (Å²) < 4.78 is 13.3. The zero-order valence-electron chi connectivity index (χ0n) is 22.6. The molecule has 1 aliphatic heterocycles. The van der Waals surface area contributed by atoms with E-state index in [4.69, 9.17) is 14.5 Å². The van der Waals surface area contributed by atoms with Crippen LogP contribution >= 0.6 is 27.3 Å². The third kappa shape index (κ3) is 6.15. The van der Waals surface area contributed by atoms with Gasteiger partial charge in [0.25, 0.3) is 5.56 Å². The van der Waals surface area contributed by atoms with Crippen molar-refractivity contribution in [2.45, 2.75) is 59.4 Å². The Morgan fingerprint density at radius 1 is 1.15 bits per heavy atom. The van der Waals surface area contributed by atoms with Gasteiger partial charge in [0, 0.05) is 6.92 Å². The van der Waals surface area contributed by atoms with Crippen molar-refractivity contribution in [1.82, 2.24) is 4.57 Å². The summed E-state index contributed by atoms with van der Waals surface area (Å²) in [7, 11) is 0. The van der Waals surface area contributed by atoms with Gasteiger partial charge in [0.15, 0.2) is 4.80 Å². The molecule has 7 nitrogen and oxygen atoms in total. The Morgan fingerprint density at radius 3 is 2.46 bits per heavy atom. The lowest BCUT2D eigenvalue weighted by molar-refractivity contribution is -0.139. The summed E-state index contributed by atoms with van der Waals surface area (Å²) in [6.45, 7) is 9.61. The highest BCUT2D eigenvalue weighted by Gasteiger charge is 2.34. The number of nitrogens with zero attached hydrogens (tertiary/aromatic N) is 2. The number of rotatable bonds is 8. The lowest BCUT2D eigenvalue weighted by Crippen LogP contribution is -2.40. The van der Waals surface area contributed by atoms with Gasteiger partial charge in [-0.15, -0.1) is 0 Å². The molecule has 0 fully saturated rings. The Morgan fingerprint density at radius 2 is 1.87 bits per heavy atom. The van der Waals surface area contributed by atoms with Crippen molar-refractivity contribution >= 4 is 45.3 Å². The Hall–Kier alpha value is -3.30. The zero-order valence-corrected chi connectivity index (χ0v) is 25.0. The maximum atomic E-state index is 13.9. The summed E-state index contributed by atoms with van der Waals surface area (Å²) in [5, 5.41) is 0. The molecule has 0 saturated carbocycles. The fourth-order valence-electron chi connectivity index (χ4n) is 4.50. The molecule has 0 N–H and O–H groups in total. The largest absolute Gasteiger partial charge is 0.463 e. The van der Waals surface area contributed by atoms with Gasteiger partial charge < -0.3 is 9.47 Å². The van der Waals surface area contributed by atoms with Gasteiger partial charge in [-0.25, -0.2) is 9.79 Å². The van der Waals surface area contributed by atoms with Crippen molar-refractivity contribution in [3.8, 4) is 5.75 Å². The number of hydrogen-bond donors (Lipinski definition) is 0. The Bertz CT molecular complexity index is 1620. The van der Waals surface area contributed by atoms with Gasteiger partial charge in [-0.2, -0.15) is 0 Å². The second kappa shape index (κ2) is 12.3. The molecule has 2 heterocycles. The first-order chi connectivity index (χ1) is 18.6. The maximum Gasteiger partial charge on any atom is 0.338 e. The van der Waals surface area contributed by atoms with Crippen LogP contribution in [0.15, 0.2) is 68.0 Å². The molecule has 4 rings (SSSR count). The predicted octanol–water partition coefficient (Wildman–Crippen LogP) is 5.39. The summed E-state index contributed by atoms with van der Waals surface area (Å²) in [6, 6.07) is 12.6. The summed E-state index contributed by atoms with van der Waals surface area (Å²) in [6.07, 6.45) is 3.15. The van der Waals surface area contributed by atoms with E-state index in [0.717, 1.165) is 17.5 Å². The van der Waals surface area contributed by atoms with Crippen molar-refractivity contribution < 1.29 is 19.1 Å². The van der Waals surface area contributed by atoms with Crippen molar-refractivity contribution in [2.24, 2.45) is 4.99 Å². The lowest BCUT2D eigenvalue weighted by Gasteiger charge is -2.26. The van der Waals surface area contributed by atoms with Gasteiger partial charge in [0.05, 0.1) is 32.9 Å². The fourth-order valence-corrected chi connectivity index (χ4v) is 5.99. The minimum absolute atomic E-state index is 0.226. The van der Waals surface area contributed by atoms with Crippen molar-refractivity contribution in [2.75, 3.05) is 6.61 Å². The van der Waals surface area contributed by atoms with Gasteiger partial charge in [-0.3, -0.25) is 14.2 Å². The second-order valence-corrected chi connectivity index (χ2v) is 11.4. The topological polar surface area (TPSA) is 87.0 Å². The van der Waals surface area contributed by atoms with Gasteiger partial charge in [0.2, 0.25) is 0 Å². The van der Waals surface area contributed by atoms with E-state index in [1.54, 1.807) is 35.8 Å². The highest BCUT2D eigenvalue weighted by Crippen LogP contribution is 2.33. The molecule has 0 bridgehead atoms. The van der Waals surface area contributed by atoms with E-state index in [1.807, 2.05) is 31.2 Å². The predicted molar refractivity (Wildman–Crippen MR) is 156 cm³/mol. The quantitative estimate of drug-likeness (QED) is 0.252. The van der Waals surface area contributed by atoms with Gasteiger partial charge >= 0.3 is 11.9 Å². The number of benzene rings is 2. The molecule has 0 amide bonds. The van der Waals surface area contributed by atoms with E-state index in [2.05, 4.69) is 29.8 Å². The van der Waals surface area contributed by atoms with Crippen LogP contribution in [0.3, 0.4) is 0 Å². The number of fused-ring (bicyclic) bond motifs is 1. The minimum atomic E-state index is -0.650. The molecular formula is C30H31BrN2O5S. The molecule has 0 radical (unpaired) electrons. The molecule has 0 saturated heterocycles. The van der Waals surface area contributed by atoms with Gasteiger partial charge in [-0.1, -0.05) is 68.9 Å². The van der Waals surface area contributed by atoms with Crippen LogP contribution in [-0.2, 0) is 14.3 Å². The van der Waals surface area contributed by atoms with Crippen molar-refractivity contribution in [1.29, 1.82) is 0 Å². The average Bonchev–Trinajstić information content (AvgIpc) is 3.19. The fraction of sp³-hybridized carbons (Fsp3) is 0.333. The van der Waals surface area contributed by atoms with Crippen LogP contribution < -0.4 is 19.6 Å². The van der Waals surface area contributed by atoms with Crippen LogP contribution in [0.5, 0.6) is 5.75 Å². The third-order valence-corrected chi connectivity index (χ3v) is 7.92. The molecule has 0 aliphatic carbocycles. The van der Waals surface area contributed by atoms with Crippen LogP contribution in [0.2, 0.25) is 0 Å². The summed E-state index contributed by atoms with van der Waals surface area (Å²) in [4.78, 5) is 43.9. The van der Waals surface area contributed by atoms with E-state index in [-0.39, 0.29) is 12.2 Å². The molecule has 1 aliphatic rings. The first kappa shape index (κ1) is 28.7. The van der Waals surface area contributed by atoms with Crippen LogP contribution in [0, 0.1) is 0 Å². The number of halogens is 1. The average molecular weight is 612 g/mol. The van der Waals surface area contributed by atoms with Crippen molar-refractivity contribution in [3.05, 3.63) is 94.6 Å². The number of aromatic nitrogens is 1. The molecule has 2 aromatic carbocycles. The number of carbonyl (C=O) groups excluding carboxylic acids is 2. The number of hydrogen-bond acceptors (Lipinski definition) is 7.